The van der Waals surface area contributed by atoms with Crippen molar-refractivity contribution in [1.82, 2.24) is 10.6 Å². The van der Waals surface area contributed by atoms with Crippen molar-refractivity contribution in [3.8, 4) is 5.75 Å². The molecular formula is C17H27ClN2O2. The van der Waals surface area contributed by atoms with Crippen molar-refractivity contribution in [2.24, 2.45) is 0 Å². The van der Waals surface area contributed by atoms with Gasteiger partial charge in [0.15, 0.2) is 0 Å². The maximum Gasteiger partial charge on any atom is 0.237 e. The summed E-state index contributed by atoms with van der Waals surface area (Å²) in [5, 5.41) is 6.12. The zero-order valence-electron chi connectivity index (χ0n) is 13.6. The quantitative estimate of drug-likeness (QED) is 0.818. The summed E-state index contributed by atoms with van der Waals surface area (Å²) >= 11 is 0. The Morgan fingerprint density at radius 3 is 2.73 bits per heavy atom. The normalized spacial score (nSPS) is 17.7. The molecule has 4 nitrogen and oxygen atoms in total. The van der Waals surface area contributed by atoms with Gasteiger partial charge in [0.2, 0.25) is 5.91 Å². The lowest BCUT2D eigenvalue weighted by Gasteiger charge is -2.22. The van der Waals surface area contributed by atoms with E-state index in [1.165, 1.54) is 5.56 Å². The van der Waals surface area contributed by atoms with Gasteiger partial charge in [0, 0.05) is 0 Å². The summed E-state index contributed by atoms with van der Waals surface area (Å²) in [6, 6.07) is 8.07. The van der Waals surface area contributed by atoms with Crippen molar-refractivity contribution in [3.05, 3.63) is 29.8 Å². The lowest BCUT2D eigenvalue weighted by atomic mass is 9.86. The van der Waals surface area contributed by atoms with E-state index in [9.17, 15) is 4.79 Å². The second-order valence-corrected chi connectivity index (χ2v) is 6.53. The zero-order chi connectivity index (χ0) is 15.3. The molecule has 0 spiro atoms. The lowest BCUT2D eigenvalue weighted by Crippen LogP contribution is -2.41. The summed E-state index contributed by atoms with van der Waals surface area (Å²) in [6.07, 6.45) is 2.01. The number of rotatable bonds is 5. The number of amides is 1. The highest BCUT2D eigenvalue weighted by atomic mass is 35.5. The molecule has 0 aromatic heterocycles. The zero-order valence-corrected chi connectivity index (χ0v) is 14.5. The molecule has 0 aliphatic carbocycles. The van der Waals surface area contributed by atoms with Crippen LogP contribution in [0, 0.1) is 0 Å². The van der Waals surface area contributed by atoms with E-state index >= 15 is 0 Å². The molecule has 5 heteroatoms. The molecule has 0 bridgehead atoms. The number of carbonyl (C=O) groups is 1. The van der Waals surface area contributed by atoms with Crippen LogP contribution in [0.3, 0.4) is 0 Å². The second kappa shape index (κ2) is 8.39. The van der Waals surface area contributed by atoms with Crippen LogP contribution in [-0.4, -0.2) is 31.6 Å². The smallest absolute Gasteiger partial charge is 0.237 e. The fraction of sp³-hybridized carbons (Fsp3) is 0.588. The predicted octanol–water partition coefficient (Wildman–Crippen LogP) is 2.65. The van der Waals surface area contributed by atoms with Crippen LogP contribution in [0.5, 0.6) is 5.75 Å². The Kier molecular flexibility index (Phi) is 7.17. The molecule has 1 aliphatic heterocycles. The van der Waals surface area contributed by atoms with Crippen LogP contribution in [0.1, 0.15) is 39.2 Å². The molecular weight excluding hydrogens is 300 g/mol. The molecule has 1 aromatic rings. The standard InChI is InChI=1S/C17H26N2O2.ClH/c1-17(2,3)13-7-4-5-9-15(13)21-12-11-19-16(20)14-8-6-10-18-14;/h4-5,7,9,14,18H,6,8,10-12H2,1-3H3,(H,19,20);1H. The molecule has 2 N–H and O–H groups in total. The molecule has 1 aliphatic rings. The summed E-state index contributed by atoms with van der Waals surface area (Å²) in [5.41, 5.74) is 1.24. The van der Waals surface area contributed by atoms with E-state index in [0.717, 1.165) is 25.1 Å². The maximum atomic E-state index is 11.9. The van der Waals surface area contributed by atoms with Gasteiger partial charge < -0.3 is 15.4 Å². The monoisotopic (exact) mass is 326 g/mol. The fourth-order valence-corrected chi connectivity index (χ4v) is 2.58. The van der Waals surface area contributed by atoms with Crippen molar-refractivity contribution in [1.29, 1.82) is 0 Å². The lowest BCUT2D eigenvalue weighted by molar-refractivity contribution is -0.122. The van der Waals surface area contributed by atoms with Crippen LogP contribution in [0.15, 0.2) is 24.3 Å². The van der Waals surface area contributed by atoms with Gasteiger partial charge in [-0.1, -0.05) is 39.0 Å². The van der Waals surface area contributed by atoms with Crippen LogP contribution in [-0.2, 0) is 10.2 Å². The highest BCUT2D eigenvalue weighted by Crippen LogP contribution is 2.30. The summed E-state index contributed by atoms with van der Waals surface area (Å²) in [5.74, 6) is 0.985. The predicted molar refractivity (Wildman–Crippen MR) is 91.9 cm³/mol. The number of halogens is 1. The van der Waals surface area contributed by atoms with Gasteiger partial charge in [-0.2, -0.15) is 0 Å². The van der Waals surface area contributed by atoms with E-state index in [4.69, 9.17) is 4.74 Å². The molecule has 124 valence electrons. The fourth-order valence-electron chi connectivity index (χ4n) is 2.58. The molecule has 0 saturated carbocycles. The number of benzene rings is 1. The van der Waals surface area contributed by atoms with Gasteiger partial charge in [-0.15, -0.1) is 12.4 Å². The number of para-hydroxylation sites is 1. The Hall–Kier alpha value is -1.26. The summed E-state index contributed by atoms with van der Waals surface area (Å²) in [4.78, 5) is 11.9. The molecule has 1 fully saturated rings. The minimum atomic E-state index is -0.0214. The third kappa shape index (κ3) is 5.18. The number of carbonyl (C=O) groups excluding carboxylic acids is 1. The van der Waals surface area contributed by atoms with E-state index in [0.29, 0.717) is 13.2 Å². The molecule has 1 saturated heterocycles. The molecule has 1 aromatic carbocycles. The summed E-state index contributed by atoms with van der Waals surface area (Å²) in [6.45, 7) is 8.47. The third-order valence-corrected chi connectivity index (χ3v) is 3.73. The Labute approximate surface area is 139 Å². The van der Waals surface area contributed by atoms with Gasteiger partial charge in [0.1, 0.15) is 12.4 Å². The maximum absolute atomic E-state index is 11.9. The minimum Gasteiger partial charge on any atom is -0.491 e. The van der Waals surface area contributed by atoms with Crippen molar-refractivity contribution in [2.45, 2.75) is 45.1 Å². The highest BCUT2D eigenvalue weighted by molar-refractivity contribution is 5.85. The molecule has 0 radical (unpaired) electrons. The summed E-state index contributed by atoms with van der Waals surface area (Å²) in [7, 11) is 0. The number of hydrogen-bond donors (Lipinski definition) is 2. The highest BCUT2D eigenvalue weighted by Gasteiger charge is 2.21. The number of ether oxygens (including phenoxy) is 1. The molecule has 1 atom stereocenters. The van der Waals surface area contributed by atoms with Gasteiger partial charge in [-0.25, -0.2) is 0 Å². The number of nitrogens with one attached hydrogen (secondary N) is 2. The Bertz CT molecular complexity index is 480. The molecule has 1 heterocycles. The van der Waals surface area contributed by atoms with Crippen LogP contribution < -0.4 is 15.4 Å². The third-order valence-electron chi connectivity index (χ3n) is 3.73. The van der Waals surface area contributed by atoms with E-state index in [1.54, 1.807) is 0 Å². The van der Waals surface area contributed by atoms with Crippen LogP contribution in [0.2, 0.25) is 0 Å². The Morgan fingerprint density at radius 1 is 1.36 bits per heavy atom. The van der Waals surface area contributed by atoms with Crippen molar-refractivity contribution < 1.29 is 9.53 Å². The van der Waals surface area contributed by atoms with Gasteiger partial charge >= 0.3 is 0 Å². The van der Waals surface area contributed by atoms with Crippen LogP contribution in [0.4, 0.5) is 0 Å². The topological polar surface area (TPSA) is 50.4 Å². The molecule has 1 unspecified atom stereocenters. The first-order valence-electron chi connectivity index (χ1n) is 7.72. The average molecular weight is 327 g/mol. The van der Waals surface area contributed by atoms with Gasteiger partial charge in [0.05, 0.1) is 12.6 Å². The van der Waals surface area contributed by atoms with Gasteiger partial charge in [-0.3, -0.25) is 4.79 Å². The number of hydrogen-bond acceptors (Lipinski definition) is 3. The van der Waals surface area contributed by atoms with E-state index in [1.807, 2.05) is 18.2 Å². The first-order chi connectivity index (χ1) is 9.98. The van der Waals surface area contributed by atoms with E-state index < -0.39 is 0 Å². The second-order valence-electron chi connectivity index (χ2n) is 6.53. The van der Waals surface area contributed by atoms with Crippen molar-refractivity contribution >= 4 is 18.3 Å². The van der Waals surface area contributed by atoms with E-state index in [2.05, 4.69) is 37.5 Å². The first-order valence-corrected chi connectivity index (χ1v) is 7.72. The average Bonchev–Trinajstić information content (AvgIpc) is 2.97. The largest absolute Gasteiger partial charge is 0.491 e. The van der Waals surface area contributed by atoms with Gasteiger partial charge in [0.25, 0.3) is 0 Å². The Balaban J connectivity index is 0.00000242. The van der Waals surface area contributed by atoms with E-state index in [-0.39, 0.29) is 29.8 Å². The minimum absolute atomic E-state index is 0. The molecule has 2 rings (SSSR count). The molecule has 22 heavy (non-hydrogen) atoms. The van der Waals surface area contributed by atoms with Crippen molar-refractivity contribution in [3.63, 3.8) is 0 Å². The van der Waals surface area contributed by atoms with Crippen molar-refractivity contribution in [2.75, 3.05) is 19.7 Å². The summed E-state index contributed by atoms with van der Waals surface area (Å²) < 4.78 is 5.84. The molecule has 1 amide bonds. The Morgan fingerprint density at radius 2 is 2.09 bits per heavy atom. The van der Waals surface area contributed by atoms with Gasteiger partial charge in [-0.05, 0) is 36.4 Å². The SMILES string of the molecule is CC(C)(C)c1ccccc1OCCNC(=O)C1CCCN1.Cl. The van der Waals surface area contributed by atoms with Crippen LogP contribution in [0.25, 0.3) is 0 Å². The first kappa shape index (κ1) is 18.8. The van der Waals surface area contributed by atoms with Crippen LogP contribution >= 0.6 is 12.4 Å².